The monoisotopic (exact) mass is 256 g/mol. The van der Waals surface area contributed by atoms with Crippen molar-refractivity contribution in [2.24, 2.45) is 11.7 Å². The van der Waals surface area contributed by atoms with Gasteiger partial charge in [0.15, 0.2) is 0 Å². The first-order valence-corrected chi connectivity index (χ1v) is 7.18. The fourth-order valence-electron chi connectivity index (χ4n) is 2.21. The zero-order valence-electron chi connectivity index (χ0n) is 12.1. The number of hydrogen-bond donors (Lipinski definition) is 1. The van der Waals surface area contributed by atoms with Crippen molar-refractivity contribution in [3.05, 3.63) is 0 Å². The van der Waals surface area contributed by atoms with Gasteiger partial charge in [-0.25, -0.2) is 0 Å². The van der Waals surface area contributed by atoms with Crippen LogP contribution in [0.5, 0.6) is 0 Å². The molecule has 0 aromatic heterocycles. The molecule has 18 heavy (non-hydrogen) atoms. The van der Waals surface area contributed by atoms with Gasteiger partial charge in [-0.3, -0.25) is 4.79 Å². The summed E-state index contributed by atoms with van der Waals surface area (Å²) in [4.78, 5) is 14.1. The van der Waals surface area contributed by atoms with Gasteiger partial charge in [0, 0.05) is 13.1 Å². The summed E-state index contributed by atoms with van der Waals surface area (Å²) in [6.07, 6.45) is 4.74. The normalized spacial score (nSPS) is 19.4. The van der Waals surface area contributed by atoms with Gasteiger partial charge in [0.2, 0.25) is 0 Å². The van der Waals surface area contributed by atoms with Crippen LogP contribution in [0, 0.1) is 5.92 Å². The summed E-state index contributed by atoms with van der Waals surface area (Å²) < 4.78 is 5.00. The molecule has 0 aliphatic heterocycles. The van der Waals surface area contributed by atoms with Gasteiger partial charge in [-0.2, -0.15) is 0 Å². The van der Waals surface area contributed by atoms with Crippen LogP contribution in [-0.2, 0) is 9.53 Å². The van der Waals surface area contributed by atoms with Gasteiger partial charge in [-0.1, -0.05) is 13.3 Å². The van der Waals surface area contributed by atoms with Crippen molar-refractivity contribution < 1.29 is 9.53 Å². The van der Waals surface area contributed by atoms with Crippen LogP contribution in [-0.4, -0.2) is 42.6 Å². The zero-order valence-corrected chi connectivity index (χ0v) is 12.1. The van der Waals surface area contributed by atoms with Crippen LogP contribution >= 0.6 is 0 Å². The first-order chi connectivity index (χ1) is 8.49. The Morgan fingerprint density at radius 2 is 2.11 bits per heavy atom. The summed E-state index contributed by atoms with van der Waals surface area (Å²) in [6.45, 7) is 9.18. The van der Waals surface area contributed by atoms with Crippen molar-refractivity contribution >= 4 is 5.97 Å². The minimum absolute atomic E-state index is 0.287. The fourth-order valence-corrected chi connectivity index (χ4v) is 2.21. The van der Waals surface area contributed by atoms with Gasteiger partial charge in [0.25, 0.3) is 0 Å². The Morgan fingerprint density at radius 1 is 1.44 bits per heavy atom. The highest BCUT2D eigenvalue weighted by Crippen LogP contribution is 2.27. The lowest BCUT2D eigenvalue weighted by Crippen LogP contribution is -2.49. The number of carbonyl (C=O) groups excluding carboxylic acids is 1. The topological polar surface area (TPSA) is 55.6 Å². The molecule has 0 heterocycles. The first kappa shape index (κ1) is 15.4. The van der Waals surface area contributed by atoms with Gasteiger partial charge in [0.1, 0.15) is 5.54 Å². The summed E-state index contributed by atoms with van der Waals surface area (Å²) >= 11 is 0. The van der Waals surface area contributed by atoms with Crippen LogP contribution in [0.4, 0.5) is 0 Å². The maximum atomic E-state index is 11.7. The molecule has 0 aromatic carbocycles. The molecular weight excluding hydrogens is 228 g/mol. The molecule has 1 rings (SSSR count). The molecule has 106 valence electrons. The average molecular weight is 256 g/mol. The highest BCUT2D eigenvalue weighted by Gasteiger charge is 2.30. The minimum atomic E-state index is -0.858. The summed E-state index contributed by atoms with van der Waals surface area (Å²) in [5.74, 6) is 0.571. The second kappa shape index (κ2) is 7.10. The van der Waals surface area contributed by atoms with E-state index in [-0.39, 0.29) is 5.97 Å². The van der Waals surface area contributed by atoms with E-state index in [0.717, 1.165) is 25.6 Å². The van der Waals surface area contributed by atoms with Crippen LogP contribution in [0.25, 0.3) is 0 Å². The molecule has 0 bridgehead atoms. The summed E-state index contributed by atoms with van der Waals surface area (Å²) in [7, 11) is 0. The van der Waals surface area contributed by atoms with Crippen molar-refractivity contribution in [3.8, 4) is 0 Å². The Bertz CT molecular complexity index is 263. The molecule has 4 nitrogen and oxygen atoms in total. The van der Waals surface area contributed by atoms with E-state index in [1.807, 2.05) is 6.92 Å². The molecule has 1 saturated carbocycles. The molecule has 1 unspecified atom stereocenters. The van der Waals surface area contributed by atoms with E-state index < -0.39 is 5.54 Å². The molecule has 1 aliphatic rings. The van der Waals surface area contributed by atoms with E-state index in [0.29, 0.717) is 13.0 Å². The van der Waals surface area contributed by atoms with E-state index in [1.165, 1.54) is 19.3 Å². The summed E-state index contributed by atoms with van der Waals surface area (Å²) in [5, 5.41) is 0. The average Bonchev–Trinajstić information content (AvgIpc) is 2.27. The van der Waals surface area contributed by atoms with Crippen LogP contribution in [0.3, 0.4) is 0 Å². The van der Waals surface area contributed by atoms with E-state index in [2.05, 4.69) is 11.8 Å². The third kappa shape index (κ3) is 4.58. The Hall–Kier alpha value is -0.610. The molecule has 1 aliphatic carbocycles. The molecule has 0 aromatic rings. The van der Waals surface area contributed by atoms with Crippen molar-refractivity contribution in [1.29, 1.82) is 0 Å². The third-order valence-corrected chi connectivity index (χ3v) is 3.88. The predicted molar refractivity (Wildman–Crippen MR) is 73.3 cm³/mol. The lowest BCUT2D eigenvalue weighted by atomic mass is 9.85. The van der Waals surface area contributed by atoms with E-state index in [9.17, 15) is 4.79 Å². The first-order valence-electron chi connectivity index (χ1n) is 7.18. The van der Waals surface area contributed by atoms with Crippen molar-refractivity contribution in [1.82, 2.24) is 4.90 Å². The third-order valence-electron chi connectivity index (χ3n) is 3.88. The molecule has 0 saturated heterocycles. The van der Waals surface area contributed by atoms with Crippen LogP contribution < -0.4 is 5.73 Å². The smallest absolute Gasteiger partial charge is 0.325 e. The molecule has 0 radical (unpaired) electrons. The Morgan fingerprint density at radius 3 is 2.56 bits per heavy atom. The van der Waals surface area contributed by atoms with Crippen LogP contribution in [0.1, 0.15) is 46.5 Å². The number of rotatable bonds is 8. The van der Waals surface area contributed by atoms with Gasteiger partial charge >= 0.3 is 5.97 Å². The molecule has 0 amide bonds. The quantitative estimate of drug-likeness (QED) is 0.673. The highest BCUT2D eigenvalue weighted by molar-refractivity contribution is 5.79. The molecule has 2 N–H and O–H groups in total. The molecule has 1 atom stereocenters. The summed E-state index contributed by atoms with van der Waals surface area (Å²) in [6, 6.07) is 0. The number of nitrogens with zero attached hydrogens (tertiary/aromatic N) is 1. The lowest BCUT2D eigenvalue weighted by molar-refractivity contribution is -0.149. The number of nitrogens with two attached hydrogens (primary N) is 1. The molecule has 4 heteroatoms. The van der Waals surface area contributed by atoms with Crippen LogP contribution in [0.15, 0.2) is 0 Å². The zero-order chi connectivity index (χ0) is 13.6. The number of esters is 1. The summed E-state index contributed by atoms with van der Waals surface area (Å²) in [5.41, 5.74) is 5.17. The SMILES string of the molecule is CCOC(=O)C(C)(N)CCN(CC)CC1CCC1. The second-order valence-corrected chi connectivity index (χ2v) is 5.58. The van der Waals surface area contributed by atoms with Gasteiger partial charge < -0.3 is 15.4 Å². The van der Waals surface area contributed by atoms with Crippen molar-refractivity contribution in [2.75, 3.05) is 26.2 Å². The minimum Gasteiger partial charge on any atom is -0.465 e. The largest absolute Gasteiger partial charge is 0.465 e. The molecule has 0 spiro atoms. The Labute approximate surface area is 111 Å². The molecular formula is C14H28N2O2. The maximum absolute atomic E-state index is 11.7. The van der Waals surface area contributed by atoms with Crippen molar-refractivity contribution in [2.45, 2.75) is 52.0 Å². The number of hydrogen-bond acceptors (Lipinski definition) is 4. The Kier molecular flexibility index (Phi) is 6.09. The van der Waals surface area contributed by atoms with Crippen molar-refractivity contribution in [3.63, 3.8) is 0 Å². The van der Waals surface area contributed by atoms with E-state index >= 15 is 0 Å². The number of ether oxygens (including phenoxy) is 1. The Balaban J connectivity index is 2.33. The number of carbonyl (C=O) groups is 1. The maximum Gasteiger partial charge on any atom is 0.325 e. The van der Waals surface area contributed by atoms with Crippen LogP contribution in [0.2, 0.25) is 0 Å². The highest BCUT2D eigenvalue weighted by atomic mass is 16.5. The standard InChI is InChI=1S/C14H28N2O2/c1-4-16(11-12-7-6-8-12)10-9-14(3,15)13(17)18-5-2/h12H,4-11,15H2,1-3H3. The second-order valence-electron chi connectivity index (χ2n) is 5.58. The lowest BCUT2D eigenvalue weighted by Gasteiger charge is -2.33. The molecule has 1 fully saturated rings. The van der Waals surface area contributed by atoms with Gasteiger partial charge in [-0.15, -0.1) is 0 Å². The predicted octanol–water partition coefficient (Wildman–Crippen LogP) is 1.78. The van der Waals surface area contributed by atoms with Gasteiger partial charge in [0.05, 0.1) is 6.61 Å². The fraction of sp³-hybridized carbons (Fsp3) is 0.929. The van der Waals surface area contributed by atoms with Gasteiger partial charge in [-0.05, 0) is 45.6 Å². The van der Waals surface area contributed by atoms with E-state index in [4.69, 9.17) is 10.5 Å². The van der Waals surface area contributed by atoms with E-state index in [1.54, 1.807) is 6.92 Å².